The van der Waals surface area contributed by atoms with Crippen molar-refractivity contribution in [1.82, 2.24) is 10.2 Å². The van der Waals surface area contributed by atoms with Gasteiger partial charge >= 0.3 is 12.0 Å². The fourth-order valence-corrected chi connectivity index (χ4v) is 2.79. The topological polar surface area (TPSA) is 89.9 Å². The van der Waals surface area contributed by atoms with Crippen molar-refractivity contribution in [3.63, 3.8) is 0 Å². The molecule has 1 aromatic rings. The molecule has 0 bridgehead atoms. The van der Waals surface area contributed by atoms with E-state index in [-0.39, 0.29) is 17.6 Å². The number of urea groups is 1. The minimum absolute atomic E-state index is 0.0920. The van der Waals surface area contributed by atoms with Crippen LogP contribution in [0.5, 0.6) is 0 Å². The van der Waals surface area contributed by atoms with Crippen molar-refractivity contribution in [3.8, 4) is 0 Å². The molecule has 2 rings (SSSR count). The number of benzene rings is 1. The predicted octanol–water partition coefficient (Wildman–Crippen LogP) is 1.83. The van der Waals surface area contributed by atoms with Crippen molar-refractivity contribution in [2.45, 2.75) is 44.9 Å². The van der Waals surface area contributed by atoms with Crippen molar-refractivity contribution >= 4 is 12.0 Å². The Hall–Kier alpha value is -2.08. The number of carbonyl (C=O) groups is 2. The van der Waals surface area contributed by atoms with E-state index in [1.54, 1.807) is 24.0 Å². The SMILES string of the molecule is CC(O)CC1CCCN1C(=O)NCc1ccc(C(=O)O)cc1. The molecule has 1 aromatic carbocycles. The Morgan fingerprint density at radius 1 is 1.36 bits per heavy atom. The van der Waals surface area contributed by atoms with Crippen LogP contribution in [0.15, 0.2) is 24.3 Å². The molecule has 0 radical (unpaired) electrons. The van der Waals surface area contributed by atoms with Gasteiger partial charge in [-0.3, -0.25) is 0 Å². The number of hydrogen-bond donors (Lipinski definition) is 3. The second kappa shape index (κ2) is 7.26. The summed E-state index contributed by atoms with van der Waals surface area (Å²) >= 11 is 0. The van der Waals surface area contributed by atoms with E-state index < -0.39 is 12.1 Å². The average molecular weight is 306 g/mol. The summed E-state index contributed by atoms with van der Waals surface area (Å²) in [4.78, 5) is 24.8. The Morgan fingerprint density at radius 3 is 2.64 bits per heavy atom. The summed E-state index contributed by atoms with van der Waals surface area (Å²) in [6.45, 7) is 2.80. The van der Waals surface area contributed by atoms with Crippen LogP contribution in [0, 0.1) is 0 Å². The second-order valence-electron chi connectivity index (χ2n) is 5.73. The maximum Gasteiger partial charge on any atom is 0.335 e. The van der Waals surface area contributed by atoms with E-state index in [1.165, 1.54) is 12.1 Å². The maximum absolute atomic E-state index is 12.2. The second-order valence-corrected chi connectivity index (χ2v) is 5.73. The highest BCUT2D eigenvalue weighted by Crippen LogP contribution is 2.21. The molecule has 2 amide bonds. The van der Waals surface area contributed by atoms with Crippen LogP contribution in [0.4, 0.5) is 4.79 Å². The van der Waals surface area contributed by atoms with Gasteiger partial charge in [0.05, 0.1) is 11.7 Å². The quantitative estimate of drug-likeness (QED) is 0.774. The predicted molar refractivity (Wildman–Crippen MR) is 81.7 cm³/mol. The Bertz CT molecular complexity index is 527. The molecule has 6 heteroatoms. The van der Waals surface area contributed by atoms with E-state index in [9.17, 15) is 14.7 Å². The lowest BCUT2D eigenvalue weighted by atomic mass is 10.1. The summed E-state index contributed by atoms with van der Waals surface area (Å²) in [6, 6.07) is 6.40. The zero-order valence-electron chi connectivity index (χ0n) is 12.7. The van der Waals surface area contributed by atoms with Gasteiger partial charge in [0.1, 0.15) is 0 Å². The lowest BCUT2D eigenvalue weighted by Crippen LogP contribution is -2.43. The lowest BCUT2D eigenvalue weighted by molar-refractivity contribution is 0.0696. The average Bonchev–Trinajstić information content (AvgIpc) is 2.92. The summed E-state index contributed by atoms with van der Waals surface area (Å²) in [5.74, 6) is -0.964. The molecule has 1 saturated heterocycles. The van der Waals surface area contributed by atoms with Crippen LogP contribution in [0.25, 0.3) is 0 Å². The molecule has 22 heavy (non-hydrogen) atoms. The van der Waals surface area contributed by atoms with Gasteiger partial charge in [0.25, 0.3) is 0 Å². The highest BCUT2D eigenvalue weighted by atomic mass is 16.4. The number of aromatic carboxylic acids is 1. The van der Waals surface area contributed by atoms with Crippen LogP contribution in [-0.4, -0.2) is 45.8 Å². The van der Waals surface area contributed by atoms with Gasteiger partial charge in [0, 0.05) is 19.1 Å². The Kier molecular flexibility index (Phi) is 5.38. The number of carboxylic acid groups (broad SMARTS) is 1. The third-order valence-electron chi connectivity index (χ3n) is 3.90. The lowest BCUT2D eigenvalue weighted by Gasteiger charge is -2.26. The molecule has 3 N–H and O–H groups in total. The van der Waals surface area contributed by atoms with Gasteiger partial charge in [-0.2, -0.15) is 0 Å². The van der Waals surface area contributed by atoms with Gasteiger partial charge < -0.3 is 20.4 Å². The monoisotopic (exact) mass is 306 g/mol. The summed E-state index contributed by atoms with van der Waals surface area (Å²) in [7, 11) is 0. The molecule has 2 atom stereocenters. The number of aliphatic hydroxyl groups is 1. The first-order valence-electron chi connectivity index (χ1n) is 7.52. The van der Waals surface area contributed by atoms with Crippen LogP contribution in [0.1, 0.15) is 42.1 Å². The van der Waals surface area contributed by atoms with Crippen LogP contribution in [0.2, 0.25) is 0 Å². The van der Waals surface area contributed by atoms with Gasteiger partial charge in [-0.1, -0.05) is 12.1 Å². The molecule has 0 aliphatic carbocycles. The van der Waals surface area contributed by atoms with Crippen LogP contribution >= 0.6 is 0 Å². The van der Waals surface area contributed by atoms with E-state index in [2.05, 4.69) is 5.32 Å². The number of hydrogen-bond acceptors (Lipinski definition) is 3. The van der Waals surface area contributed by atoms with Crippen molar-refractivity contribution in [2.75, 3.05) is 6.54 Å². The van der Waals surface area contributed by atoms with E-state index in [1.807, 2.05) is 0 Å². The summed E-state index contributed by atoms with van der Waals surface area (Å²) in [5.41, 5.74) is 1.08. The Balaban J connectivity index is 1.87. The fourth-order valence-electron chi connectivity index (χ4n) is 2.79. The number of carbonyl (C=O) groups excluding carboxylic acids is 1. The molecule has 1 aliphatic rings. The van der Waals surface area contributed by atoms with Crippen molar-refractivity contribution in [3.05, 3.63) is 35.4 Å². The highest BCUT2D eigenvalue weighted by Gasteiger charge is 2.29. The van der Waals surface area contributed by atoms with E-state index in [0.717, 1.165) is 18.4 Å². The van der Waals surface area contributed by atoms with E-state index >= 15 is 0 Å². The molecule has 1 heterocycles. The molecule has 0 saturated carbocycles. The molecule has 1 fully saturated rings. The van der Waals surface area contributed by atoms with Gasteiger partial charge in [0.2, 0.25) is 0 Å². The van der Waals surface area contributed by atoms with E-state index in [4.69, 9.17) is 5.11 Å². The van der Waals surface area contributed by atoms with Crippen molar-refractivity contribution in [1.29, 1.82) is 0 Å². The Labute approximate surface area is 129 Å². The third kappa shape index (κ3) is 4.21. The molecule has 1 aliphatic heterocycles. The molecular formula is C16H22N2O4. The van der Waals surface area contributed by atoms with Crippen LogP contribution < -0.4 is 5.32 Å². The summed E-state index contributed by atoms with van der Waals surface area (Å²) < 4.78 is 0. The normalized spacial score (nSPS) is 19.0. The number of rotatable bonds is 5. The number of carboxylic acids is 1. The highest BCUT2D eigenvalue weighted by molar-refractivity contribution is 5.87. The number of aliphatic hydroxyl groups excluding tert-OH is 1. The Morgan fingerprint density at radius 2 is 2.05 bits per heavy atom. The third-order valence-corrected chi connectivity index (χ3v) is 3.90. The van der Waals surface area contributed by atoms with Gasteiger partial charge in [0.15, 0.2) is 0 Å². The van der Waals surface area contributed by atoms with Gasteiger partial charge in [-0.05, 0) is 43.9 Å². The summed E-state index contributed by atoms with van der Waals surface area (Å²) in [5, 5.41) is 21.2. The number of likely N-dealkylation sites (tertiary alicyclic amines) is 1. The molecule has 0 aromatic heterocycles. The molecule has 2 unspecified atom stereocenters. The first-order chi connectivity index (χ1) is 10.5. The van der Waals surface area contributed by atoms with Gasteiger partial charge in [-0.25, -0.2) is 9.59 Å². The number of amides is 2. The first kappa shape index (κ1) is 16.3. The van der Waals surface area contributed by atoms with Crippen LogP contribution in [0.3, 0.4) is 0 Å². The van der Waals surface area contributed by atoms with Crippen molar-refractivity contribution < 1.29 is 19.8 Å². The summed E-state index contributed by atoms with van der Waals surface area (Å²) in [6.07, 6.45) is 2.06. The zero-order valence-corrected chi connectivity index (χ0v) is 12.7. The smallest absolute Gasteiger partial charge is 0.335 e. The van der Waals surface area contributed by atoms with E-state index in [0.29, 0.717) is 19.5 Å². The number of nitrogens with zero attached hydrogens (tertiary/aromatic N) is 1. The number of nitrogens with one attached hydrogen (secondary N) is 1. The molecule has 0 spiro atoms. The minimum atomic E-state index is -0.964. The zero-order chi connectivity index (χ0) is 16.1. The maximum atomic E-state index is 12.2. The van der Waals surface area contributed by atoms with Crippen LogP contribution in [-0.2, 0) is 6.54 Å². The minimum Gasteiger partial charge on any atom is -0.478 e. The van der Waals surface area contributed by atoms with Gasteiger partial charge in [-0.15, -0.1) is 0 Å². The molecule has 6 nitrogen and oxygen atoms in total. The first-order valence-corrected chi connectivity index (χ1v) is 7.52. The molecule has 120 valence electrons. The largest absolute Gasteiger partial charge is 0.478 e. The molecular weight excluding hydrogens is 284 g/mol. The standard InChI is InChI=1S/C16H22N2O4/c1-11(19)9-14-3-2-8-18(14)16(22)17-10-12-4-6-13(7-5-12)15(20)21/h4-7,11,14,19H,2-3,8-10H2,1H3,(H,17,22)(H,20,21). The fraction of sp³-hybridized carbons (Fsp3) is 0.500. The van der Waals surface area contributed by atoms with Crippen molar-refractivity contribution in [2.24, 2.45) is 0 Å².